The molecule has 1 atom stereocenters. The first kappa shape index (κ1) is 19.8. The van der Waals surface area contributed by atoms with E-state index in [1.54, 1.807) is 36.4 Å². The summed E-state index contributed by atoms with van der Waals surface area (Å²) in [7, 11) is -3.23. The molecule has 0 aromatic heterocycles. The Hall–Kier alpha value is -2.54. The zero-order valence-electron chi connectivity index (χ0n) is 15.3. The Morgan fingerprint density at radius 1 is 0.962 bits per heavy atom. The van der Waals surface area contributed by atoms with Crippen molar-refractivity contribution in [3.63, 3.8) is 0 Å². The van der Waals surface area contributed by atoms with Crippen molar-refractivity contribution in [3.8, 4) is 5.75 Å². The highest BCUT2D eigenvalue weighted by atomic mass is 32.2. The van der Waals surface area contributed by atoms with Gasteiger partial charge >= 0.3 is 6.03 Å². The normalized spacial score (nSPS) is 12.5. The minimum absolute atomic E-state index is 0.0899. The molecular weight excluding hydrogens is 352 g/mol. The second kappa shape index (κ2) is 8.23. The van der Waals surface area contributed by atoms with E-state index >= 15 is 0 Å². The number of nitrogens with one attached hydrogen (secondary N) is 2. The average Bonchev–Trinajstić information content (AvgIpc) is 2.55. The molecule has 0 aliphatic heterocycles. The SMILES string of the molecule is CC(C)Oc1ccc(NC(=O)NC(C)c2ccc(S(C)(=O)=O)cc2)cc1. The third-order valence-corrected chi connectivity index (χ3v) is 4.77. The second-order valence-corrected chi connectivity index (χ2v) is 8.37. The van der Waals surface area contributed by atoms with Gasteiger partial charge in [0.1, 0.15) is 5.75 Å². The van der Waals surface area contributed by atoms with Gasteiger partial charge in [-0.15, -0.1) is 0 Å². The summed E-state index contributed by atoms with van der Waals surface area (Å²) in [5, 5.41) is 5.58. The molecule has 26 heavy (non-hydrogen) atoms. The Labute approximate surface area is 154 Å². The van der Waals surface area contributed by atoms with Crippen molar-refractivity contribution in [1.82, 2.24) is 5.32 Å². The van der Waals surface area contributed by atoms with Crippen LogP contribution >= 0.6 is 0 Å². The smallest absolute Gasteiger partial charge is 0.319 e. The number of urea groups is 1. The monoisotopic (exact) mass is 376 g/mol. The van der Waals surface area contributed by atoms with E-state index in [0.29, 0.717) is 5.69 Å². The van der Waals surface area contributed by atoms with Gasteiger partial charge in [-0.2, -0.15) is 0 Å². The Morgan fingerprint density at radius 2 is 1.54 bits per heavy atom. The fraction of sp³-hybridized carbons (Fsp3) is 0.316. The molecular formula is C19H24N2O4S. The van der Waals surface area contributed by atoms with Crippen LogP contribution in [0.15, 0.2) is 53.4 Å². The summed E-state index contributed by atoms with van der Waals surface area (Å²) >= 11 is 0. The molecule has 0 heterocycles. The summed E-state index contributed by atoms with van der Waals surface area (Å²) in [5.41, 5.74) is 1.46. The topological polar surface area (TPSA) is 84.5 Å². The molecule has 0 aliphatic rings. The van der Waals surface area contributed by atoms with E-state index in [2.05, 4.69) is 10.6 Å². The number of carbonyl (C=O) groups excluding carboxylic acids is 1. The predicted octanol–water partition coefficient (Wildman–Crippen LogP) is 3.76. The zero-order chi connectivity index (χ0) is 19.3. The summed E-state index contributed by atoms with van der Waals surface area (Å²) in [6, 6.07) is 13.0. The number of amides is 2. The largest absolute Gasteiger partial charge is 0.491 e. The highest BCUT2D eigenvalue weighted by molar-refractivity contribution is 7.90. The van der Waals surface area contributed by atoms with Crippen LogP contribution in [0.2, 0.25) is 0 Å². The predicted molar refractivity (Wildman–Crippen MR) is 102 cm³/mol. The Balaban J connectivity index is 1.94. The standard InChI is InChI=1S/C19H24N2O4S/c1-13(2)25-17-9-7-16(8-10-17)21-19(22)20-14(3)15-5-11-18(12-6-15)26(4,23)24/h5-14H,1-4H3,(H2,20,21,22). The van der Waals surface area contributed by atoms with Crippen molar-refractivity contribution in [2.24, 2.45) is 0 Å². The molecule has 0 saturated heterocycles. The van der Waals surface area contributed by atoms with Crippen molar-refractivity contribution < 1.29 is 17.9 Å². The van der Waals surface area contributed by atoms with Crippen LogP contribution in [0.25, 0.3) is 0 Å². The zero-order valence-corrected chi connectivity index (χ0v) is 16.1. The number of anilines is 1. The van der Waals surface area contributed by atoms with Crippen molar-refractivity contribution in [2.45, 2.75) is 37.8 Å². The first-order valence-electron chi connectivity index (χ1n) is 8.29. The van der Waals surface area contributed by atoms with Gasteiger partial charge in [-0.3, -0.25) is 0 Å². The van der Waals surface area contributed by atoms with E-state index in [9.17, 15) is 13.2 Å². The second-order valence-electron chi connectivity index (χ2n) is 6.35. The minimum atomic E-state index is -3.23. The molecule has 2 aromatic carbocycles. The van der Waals surface area contributed by atoms with Crippen LogP contribution in [0.5, 0.6) is 5.75 Å². The molecule has 0 bridgehead atoms. The molecule has 2 rings (SSSR count). The molecule has 2 aromatic rings. The van der Waals surface area contributed by atoms with Gasteiger partial charge in [0.05, 0.1) is 17.0 Å². The number of rotatable bonds is 6. The Bertz CT molecular complexity index is 844. The first-order chi connectivity index (χ1) is 12.1. The molecule has 140 valence electrons. The molecule has 2 N–H and O–H groups in total. The van der Waals surface area contributed by atoms with Crippen molar-refractivity contribution in [1.29, 1.82) is 0 Å². The van der Waals surface area contributed by atoms with Crippen LogP contribution in [0, 0.1) is 0 Å². The maximum absolute atomic E-state index is 12.1. The number of carbonyl (C=O) groups is 1. The molecule has 0 radical (unpaired) electrons. The van der Waals surface area contributed by atoms with Gasteiger partial charge in [0, 0.05) is 11.9 Å². The lowest BCUT2D eigenvalue weighted by Gasteiger charge is -2.16. The van der Waals surface area contributed by atoms with E-state index < -0.39 is 9.84 Å². The maximum atomic E-state index is 12.1. The van der Waals surface area contributed by atoms with Gasteiger partial charge < -0.3 is 15.4 Å². The molecule has 2 amide bonds. The number of benzene rings is 2. The highest BCUT2D eigenvalue weighted by Crippen LogP contribution is 2.18. The molecule has 1 unspecified atom stereocenters. The molecule has 7 heteroatoms. The first-order valence-corrected chi connectivity index (χ1v) is 10.2. The van der Waals surface area contributed by atoms with Crippen LogP contribution in [-0.4, -0.2) is 26.8 Å². The van der Waals surface area contributed by atoms with Gasteiger partial charge in [-0.1, -0.05) is 12.1 Å². The Morgan fingerprint density at radius 3 is 2.04 bits per heavy atom. The third-order valence-electron chi connectivity index (χ3n) is 3.64. The number of ether oxygens (including phenoxy) is 1. The quantitative estimate of drug-likeness (QED) is 0.804. The van der Waals surface area contributed by atoms with E-state index in [4.69, 9.17) is 4.74 Å². The lowest BCUT2D eigenvalue weighted by Crippen LogP contribution is -2.31. The van der Waals surface area contributed by atoms with Gasteiger partial charge in [-0.05, 0) is 62.7 Å². The van der Waals surface area contributed by atoms with Gasteiger partial charge in [0.15, 0.2) is 9.84 Å². The lowest BCUT2D eigenvalue weighted by atomic mass is 10.1. The van der Waals surface area contributed by atoms with E-state index in [0.717, 1.165) is 17.6 Å². The fourth-order valence-electron chi connectivity index (χ4n) is 2.34. The van der Waals surface area contributed by atoms with Gasteiger partial charge in [-0.25, -0.2) is 13.2 Å². The van der Waals surface area contributed by atoms with Gasteiger partial charge in [0.25, 0.3) is 0 Å². The minimum Gasteiger partial charge on any atom is -0.491 e. The summed E-state index contributed by atoms with van der Waals surface area (Å²) in [4.78, 5) is 12.4. The number of sulfone groups is 1. The lowest BCUT2D eigenvalue weighted by molar-refractivity contribution is 0.242. The van der Waals surface area contributed by atoms with Crippen molar-refractivity contribution in [2.75, 3.05) is 11.6 Å². The summed E-state index contributed by atoms with van der Waals surface area (Å²) in [6.07, 6.45) is 1.25. The maximum Gasteiger partial charge on any atom is 0.319 e. The fourth-order valence-corrected chi connectivity index (χ4v) is 2.97. The van der Waals surface area contributed by atoms with Crippen molar-refractivity contribution >= 4 is 21.6 Å². The summed E-state index contributed by atoms with van der Waals surface area (Å²) < 4.78 is 28.5. The molecule has 6 nitrogen and oxygen atoms in total. The molecule has 0 aliphatic carbocycles. The van der Waals surface area contributed by atoms with E-state index in [1.165, 1.54) is 12.1 Å². The highest BCUT2D eigenvalue weighted by Gasteiger charge is 2.12. The average molecular weight is 376 g/mol. The van der Waals surface area contributed by atoms with Crippen LogP contribution in [0.4, 0.5) is 10.5 Å². The third kappa shape index (κ3) is 5.77. The van der Waals surface area contributed by atoms with Crippen LogP contribution < -0.4 is 15.4 Å². The van der Waals surface area contributed by atoms with Crippen LogP contribution in [0.1, 0.15) is 32.4 Å². The van der Waals surface area contributed by atoms with Crippen molar-refractivity contribution in [3.05, 3.63) is 54.1 Å². The van der Waals surface area contributed by atoms with Gasteiger partial charge in [0.2, 0.25) is 0 Å². The molecule has 0 saturated carbocycles. The summed E-state index contributed by atoms with van der Waals surface area (Å²) in [6.45, 7) is 5.72. The van der Waals surface area contributed by atoms with E-state index in [1.807, 2.05) is 20.8 Å². The Kier molecular flexibility index (Phi) is 6.26. The number of hydrogen-bond acceptors (Lipinski definition) is 4. The summed E-state index contributed by atoms with van der Waals surface area (Å²) in [5.74, 6) is 0.741. The van der Waals surface area contributed by atoms with Crippen LogP contribution in [0.3, 0.4) is 0 Å². The number of hydrogen-bond donors (Lipinski definition) is 2. The molecule has 0 fully saturated rings. The van der Waals surface area contributed by atoms with E-state index in [-0.39, 0.29) is 23.1 Å². The molecule has 0 spiro atoms. The van der Waals surface area contributed by atoms with Crippen LogP contribution in [-0.2, 0) is 9.84 Å².